The van der Waals surface area contributed by atoms with Crippen LogP contribution in [0, 0.1) is 0 Å². The number of halogens is 2. The van der Waals surface area contributed by atoms with E-state index >= 15 is 0 Å². The highest BCUT2D eigenvalue weighted by Crippen LogP contribution is 2.44. The minimum absolute atomic E-state index is 0.0345. The number of benzene rings is 2. The minimum atomic E-state index is -2.87. The largest absolute Gasteiger partial charge is 0.479 e. The van der Waals surface area contributed by atoms with Gasteiger partial charge in [0.25, 0.3) is 0 Å². The summed E-state index contributed by atoms with van der Waals surface area (Å²) in [5, 5.41) is 12.0. The van der Waals surface area contributed by atoms with Crippen molar-refractivity contribution in [3.05, 3.63) is 59.7 Å². The normalized spacial score (nSPS) is 19.8. The van der Waals surface area contributed by atoms with Crippen LogP contribution < -0.4 is 5.32 Å². The molecule has 2 N–H and O–H groups in total. The second kappa shape index (κ2) is 10.0. The van der Waals surface area contributed by atoms with Crippen LogP contribution in [-0.2, 0) is 14.3 Å². The van der Waals surface area contributed by atoms with Gasteiger partial charge in [-0.2, -0.15) is 0 Å². The molecule has 2 aromatic rings. The van der Waals surface area contributed by atoms with Crippen molar-refractivity contribution in [3.8, 4) is 11.1 Å². The fraction of sp³-hybridized carbons (Fsp3) is 0.423. The summed E-state index contributed by atoms with van der Waals surface area (Å²) in [6, 6.07) is 13.9. The Bertz CT molecular complexity index is 1080. The summed E-state index contributed by atoms with van der Waals surface area (Å²) in [5.74, 6) is -2.24. The van der Waals surface area contributed by atoms with Gasteiger partial charge in [-0.05, 0) is 41.5 Å². The maximum Gasteiger partial charge on any atom is 0.407 e. The maximum absolute atomic E-state index is 13.3. The molecule has 1 saturated heterocycles. The van der Waals surface area contributed by atoms with Crippen molar-refractivity contribution in [1.82, 2.24) is 10.2 Å². The van der Waals surface area contributed by atoms with Gasteiger partial charge < -0.3 is 20.1 Å². The SMILES string of the molecule is CCC1(C(=O)O)CCCN1C(=O)C(CC(F)F)NC(=O)OCC1c2ccccc2-c2ccccc21. The number of rotatable bonds is 8. The molecule has 0 radical (unpaired) electrons. The average Bonchev–Trinajstić information content (AvgIpc) is 3.42. The van der Waals surface area contributed by atoms with Gasteiger partial charge in [0.05, 0.1) is 0 Å². The van der Waals surface area contributed by atoms with Crippen LogP contribution in [0.25, 0.3) is 11.1 Å². The van der Waals surface area contributed by atoms with E-state index in [4.69, 9.17) is 4.74 Å². The summed E-state index contributed by atoms with van der Waals surface area (Å²) in [6.45, 7) is 1.74. The van der Waals surface area contributed by atoms with Crippen LogP contribution in [0.1, 0.15) is 49.7 Å². The maximum atomic E-state index is 13.3. The van der Waals surface area contributed by atoms with Crippen LogP contribution in [0.4, 0.5) is 13.6 Å². The standard InChI is InChI=1S/C26H28F2N2O5/c1-2-26(24(32)33)12-7-13-30(26)23(31)21(14-22(27)28)29-25(34)35-15-20-18-10-5-3-8-16(18)17-9-4-6-11-19(17)20/h3-6,8-11,20-22H,2,7,12-15H2,1H3,(H,29,34)(H,32,33). The van der Waals surface area contributed by atoms with Gasteiger partial charge in [0.15, 0.2) is 0 Å². The highest BCUT2D eigenvalue weighted by molar-refractivity contribution is 5.92. The van der Waals surface area contributed by atoms with Crippen molar-refractivity contribution in [2.75, 3.05) is 13.2 Å². The van der Waals surface area contributed by atoms with E-state index in [1.807, 2.05) is 48.5 Å². The number of likely N-dealkylation sites (tertiary alicyclic amines) is 1. The lowest BCUT2D eigenvalue weighted by atomic mass is 9.92. The predicted molar refractivity (Wildman–Crippen MR) is 124 cm³/mol. The second-order valence-electron chi connectivity index (χ2n) is 8.93. The molecule has 2 aliphatic rings. The Morgan fingerprint density at radius 3 is 2.26 bits per heavy atom. The molecule has 0 spiro atoms. The Kier molecular flexibility index (Phi) is 7.05. The predicted octanol–water partition coefficient (Wildman–Crippen LogP) is 4.40. The van der Waals surface area contributed by atoms with Crippen molar-refractivity contribution in [1.29, 1.82) is 0 Å². The first-order valence-corrected chi connectivity index (χ1v) is 11.7. The number of amides is 2. The number of alkyl carbamates (subject to hydrolysis) is 1. The number of carbonyl (C=O) groups excluding carboxylic acids is 2. The molecule has 35 heavy (non-hydrogen) atoms. The van der Waals surface area contributed by atoms with Gasteiger partial charge in [0, 0.05) is 18.9 Å². The van der Waals surface area contributed by atoms with Crippen LogP contribution in [0.15, 0.2) is 48.5 Å². The first-order valence-electron chi connectivity index (χ1n) is 11.7. The molecule has 9 heteroatoms. The van der Waals surface area contributed by atoms with Crippen LogP contribution in [0.3, 0.4) is 0 Å². The number of carbonyl (C=O) groups is 3. The number of hydrogen-bond acceptors (Lipinski definition) is 4. The number of nitrogens with one attached hydrogen (secondary N) is 1. The minimum Gasteiger partial charge on any atom is -0.479 e. The molecular weight excluding hydrogens is 458 g/mol. The fourth-order valence-corrected chi connectivity index (χ4v) is 5.31. The number of alkyl halides is 2. The van der Waals surface area contributed by atoms with E-state index in [9.17, 15) is 28.3 Å². The molecule has 2 atom stereocenters. The number of carboxylic acid groups (broad SMARTS) is 1. The van der Waals surface area contributed by atoms with Crippen LogP contribution >= 0.6 is 0 Å². The highest BCUT2D eigenvalue weighted by atomic mass is 19.3. The van der Waals surface area contributed by atoms with Crippen molar-refractivity contribution in [2.45, 2.75) is 56.5 Å². The quantitative estimate of drug-likeness (QED) is 0.577. The first-order chi connectivity index (χ1) is 16.8. The number of nitrogens with zero attached hydrogens (tertiary/aromatic N) is 1. The number of ether oxygens (including phenoxy) is 1. The van der Waals surface area contributed by atoms with Gasteiger partial charge in [-0.3, -0.25) is 4.79 Å². The van der Waals surface area contributed by atoms with Crippen molar-refractivity contribution in [3.63, 3.8) is 0 Å². The zero-order valence-electron chi connectivity index (χ0n) is 19.4. The van der Waals surface area contributed by atoms with E-state index in [1.54, 1.807) is 6.92 Å². The number of hydrogen-bond donors (Lipinski definition) is 2. The van der Waals surface area contributed by atoms with Gasteiger partial charge in [0.2, 0.25) is 12.3 Å². The Hall–Kier alpha value is -3.49. The summed E-state index contributed by atoms with van der Waals surface area (Å²) < 4.78 is 32.0. The molecule has 2 aromatic carbocycles. The Labute approximate surface area is 202 Å². The van der Waals surface area contributed by atoms with Gasteiger partial charge >= 0.3 is 12.1 Å². The topological polar surface area (TPSA) is 95.9 Å². The zero-order chi connectivity index (χ0) is 25.2. The van der Waals surface area contributed by atoms with Gasteiger partial charge in [-0.1, -0.05) is 55.5 Å². The average molecular weight is 487 g/mol. The fourth-order valence-electron chi connectivity index (χ4n) is 5.31. The molecule has 0 saturated carbocycles. The van der Waals surface area contributed by atoms with Gasteiger partial charge in [-0.25, -0.2) is 18.4 Å². The van der Waals surface area contributed by atoms with E-state index in [0.717, 1.165) is 27.2 Å². The summed E-state index contributed by atoms with van der Waals surface area (Å²) >= 11 is 0. The van der Waals surface area contributed by atoms with Crippen molar-refractivity contribution < 1.29 is 33.0 Å². The molecule has 1 fully saturated rings. The third-order valence-corrected chi connectivity index (χ3v) is 7.09. The van der Waals surface area contributed by atoms with Gasteiger partial charge in [-0.15, -0.1) is 0 Å². The second-order valence-corrected chi connectivity index (χ2v) is 8.93. The van der Waals surface area contributed by atoms with E-state index in [-0.39, 0.29) is 31.9 Å². The molecule has 0 bridgehead atoms. The molecular formula is C26H28F2N2O5. The molecule has 0 aromatic heterocycles. The van der Waals surface area contributed by atoms with E-state index < -0.39 is 42.4 Å². The lowest BCUT2D eigenvalue weighted by molar-refractivity contribution is -0.158. The van der Waals surface area contributed by atoms with E-state index in [1.165, 1.54) is 0 Å². The van der Waals surface area contributed by atoms with Crippen molar-refractivity contribution in [2.24, 2.45) is 0 Å². The first kappa shape index (κ1) is 24.6. The molecule has 2 amide bonds. The molecule has 7 nitrogen and oxygen atoms in total. The van der Waals surface area contributed by atoms with E-state index in [0.29, 0.717) is 6.42 Å². The van der Waals surface area contributed by atoms with Crippen LogP contribution in [-0.4, -0.2) is 59.1 Å². The third-order valence-electron chi connectivity index (χ3n) is 7.09. The number of carboxylic acids is 1. The highest BCUT2D eigenvalue weighted by Gasteiger charge is 2.50. The Morgan fingerprint density at radius 1 is 1.11 bits per heavy atom. The van der Waals surface area contributed by atoms with Crippen molar-refractivity contribution >= 4 is 18.0 Å². The summed E-state index contributed by atoms with van der Waals surface area (Å²) in [4.78, 5) is 38.8. The Balaban J connectivity index is 1.47. The summed E-state index contributed by atoms with van der Waals surface area (Å²) in [5.41, 5.74) is 2.61. The van der Waals surface area contributed by atoms with Gasteiger partial charge in [0.1, 0.15) is 18.2 Å². The summed E-state index contributed by atoms with van der Waals surface area (Å²) in [6.07, 6.45) is -3.99. The lowest BCUT2D eigenvalue weighted by Gasteiger charge is -2.36. The number of aliphatic carboxylic acids is 1. The lowest BCUT2D eigenvalue weighted by Crippen LogP contribution is -2.58. The Morgan fingerprint density at radius 2 is 1.71 bits per heavy atom. The molecule has 2 unspecified atom stereocenters. The van der Waals surface area contributed by atoms with Crippen LogP contribution in [0.5, 0.6) is 0 Å². The smallest absolute Gasteiger partial charge is 0.407 e. The third kappa shape index (κ3) is 4.59. The molecule has 4 rings (SSSR count). The number of fused-ring (bicyclic) bond motifs is 3. The molecule has 186 valence electrons. The molecule has 1 aliphatic carbocycles. The van der Waals surface area contributed by atoms with Crippen LogP contribution in [0.2, 0.25) is 0 Å². The molecule has 1 heterocycles. The van der Waals surface area contributed by atoms with E-state index in [2.05, 4.69) is 5.32 Å². The monoisotopic (exact) mass is 486 g/mol. The molecule has 1 aliphatic heterocycles. The summed E-state index contributed by atoms with van der Waals surface area (Å²) in [7, 11) is 0. The zero-order valence-corrected chi connectivity index (χ0v) is 19.4.